The second-order valence-corrected chi connectivity index (χ2v) is 10.3. The van der Waals surface area contributed by atoms with Crippen LogP contribution in [0.5, 0.6) is 0 Å². The van der Waals surface area contributed by atoms with Gasteiger partial charge in [0, 0.05) is 41.1 Å². The van der Waals surface area contributed by atoms with E-state index < -0.39 is 0 Å². The van der Waals surface area contributed by atoms with Crippen molar-refractivity contribution in [3.05, 3.63) is 94.0 Å². The van der Waals surface area contributed by atoms with Crippen molar-refractivity contribution in [2.24, 2.45) is 0 Å². The second-order valence-electron chi connectivity index (χ2n) is 9.39. The van der Waals surface area contributed by atoms with E-state index in [0.717, 1.165) is 41.4 Å². The van der Waals surface area contributed by atoms with Gasteiger partial charge in [0.15, 0.2) is 0 Å². The van der Waals surface area contributed by atoms with Crippen LogP contribution < -0.4 is 0 Å². The van der Waals surface area contributed by atoms with Crippen molar-refractivity contribution in [3.8, 4) is 0 Å². The minimum Gasteiger partial charge on any atom is -0.345 e. The Labute approximate surface area is 221 Å². The number of carbonyl (C=O) groups is 2. The summed E-state index contributed by atoms with van der Waals surface area (Å²) in [5, 5.41) is 0. The highest BCUT2D eigenvalue weighted by molar-refractivity contribution is 9.10. The molecule has 1 saturated carbocycles. The lowest BCUT2D eigenvalue weighted by Gasteiger charge is -2.36. The number of halogens is 2. The smallest absolute Gasteiger partial charge is 0.254 e. The first-order valence-electron chi connectivity index (χ1n) is 12.7. The molecule has 1 aliphatic carbocycles. The van der Waals surface area contributed by atoms with E-state index in [1.807, 2.05) is 42.3 Å². The van der Waals surface area contributed by atoms with E-state index in [0.29, 0.717) is 25.2 Å². The van der Waals surface area contributed by atoms with Gasteiger partial charge in [-0.3, -0.25) is 9.59 Å². The maximum Gasteiger partial charge on any atom is 0.254 e. The first-order valence-corrected chi connectivity index (χ1v) is 13.5. The fourth-order valence-electron chi connectivity index (χ4n) is 4.88. The normalized spacial score (nSPS) is 14.0. The van der Waals surface area contributed by atoms with Crippen LogP contribution in [-0.2, 0) is 17.9 Å². The van der Waals surface area contributed by atoms with E-state index in [2.05, 4.69) is 20.5 Å². The Morgan fingerprint density at radius 2 is 1.69 bits per heavy atom. The van der Waals surface area contributed by atoms with Gasteiger partial charge in [-0.25, -0.2) is 4.39 Å². The van der Waals surface area contributed by atoms with Crippen LogP contribution in [0.15, 0.2) is 71.3 Å². The van der Waals surface area contributed by atoms with Crippen molar-refractivity contribution >= 4 is 27.7 Å². The predicted octanol–water partition coefficient (Wildman–Crippen LogP) is 6.26. The quantitative estimate of drug-likeness (QED) is 0.314. The third kappa shape index (κ3) is 6.64. The van der Waals surface area contributed by atoms with Crippen molar-refractivity contribution in [1.82, 2.24) is 14.4 Å². The third-order valence-corrected chi connectivity index (χ3v) is 7.47. The van der Waals surface area contributed by atoms with Crippen molar-refractivity contribution in [3.63, 3.8) is 0 Å². The number of likely N-dealkylation sites (N-methyl/N-ethyl adjacent to an activating group) is 1. The number of aromatic nitrogens is 1. The molecule has 0 bridgehead atoms. The molecule has 0 unspecified atom stereocenters. The highest BCUT2D eigenvalue weighted by Gasteiger charge is 2.28. The predicted molar refractivity (Wildman–Crippen MR) is 143 cm³/mol. The summed E-state index contributed by atoms with van der Waals surface area (Å²) in [5.74, 6) is -0.413. The molecule has 3 aromatic rings. The number of hydrogen-bond donors (Lipinski definition) is 0. The van der Waals surface area contributed by atoms with Crippen LogP contribution in [0.25, 0.3) is 0 Å². The van der Waals surface area contributed by atoms with Gasteiger partial charge >= 0.3 is 0 Å². The summed E-state index contributed by atoms with van der Waals surface area (Å²) < 4.78 is 16.4. The van der Waals surface area contributed by atoms with Crippen LogP contribution in [0.1, 0.15) is 60.6 Å². The maximum absolute atomic E-state index is 13.7. The summed E-state index contributed by atoms with van der Waals surface area (Å²) >= 11 is 3.41. The standard InChI is InChI=1S/C29H33BrFN3O2/c1-2-32(29(36)23-12-14-24(30)15-13-23)21-28(35)34(26-7-4-3-5-8-26)20-27-9-6-18-33(27)19-22-10-16-25(31)17-11-22/h6,9-18,26H,2-5,7-8,19-21H2,1H3. The van der Waals surface area contributed by atoms with Crippen molar-refractivity contribution in [1.29, 1.82) is 0 Å². The molecule has 2 aromatic carbocycles. The fraction of sp³-hybridized carbons (Fsp3) is 0.379. The SMILES string of the molecule is CCN(CC(=O)N(Cc1cccn1Cc1ccc(F)cc1)C1CCCCC1)C(=O)c1ccc(Br)cc1. The third-order valence-electron chi connectivity index (χ3n) is 6.94. The lowest BCUT2D eigenvalue weighted by atomic mass is 9.94. The first-order chi connectivity index (χ1) is 17.4. The molecule has 7 heteroatoms. The highest BCUT2D eigenvalue weighted by atomic mass is 79.9. The number of carbonyl (C=O) groups excluding carboxylic acids is 2. The molecule has 0 aliphatic heterocycles. The van der Waals surface area contributed by atoms with E-state index in [4.69, 9.17) is 0 Å². The van der Waals surface area contributed by atoms with Gasteiger partial charge in [0.25, 0.3) is 5.91 Å². The molecule has 1 heterocycles. The zero-order chi connectivity index (χ0) is 25.5. The van der Waals surface area contributed by atoms with Gasteiger partial charge in [-0.05, 0) is 73.9 Å². The molecule has 0 radical (unpaired) electrons. The molecule has 0 N–H and O–H groups in total. The molecule has 1 fully saturated rings. The summed E-state index contributed by atoms with van der Waals surface area (Å²) in [5.41, 5.74) is 2.60. The molecule has 2 amide bonds. The van der Waals surface area contributed by atoms with Gasteiger partial charge in [0.2, 0.25) is 5.91 Å². The maximum atomic E-state index is 13.7. The molecule has 0 atom stereocenters. The van der Waals surface area contributed by atoms with Crippen molar-refractivity contribution in [2.45, 2.75) is 58.2 Å². The second kappa shape index (κ2) is 12.3. The Balaban J connectivity index is 1.51. The van der Waals surface area contributed by atoms with Crippen molar-refractivity contribution < 1.29 is 14.0 Å². The fourth-order valence-corrected chi connectivity index (χ4v) is 5.14. The summed E-state index contributed by atoms with van der Waals surface area (Å²) in [4.78, 5) is 30.4. The molecule has 0 spiro atoms. The lowest BCUT2D eigenvalue weighted by molar-refractivity contribution is -0.135. The van der Waals surface area contributed by atoms with Gasteiger partial charge in [-0.1, -0.05) is 47.3 Å². The Morgan fingerprint density at radius 1 is 1.00 bits per heavy atom. The van der Waals surface area contributed by atoms with Gasteiger partial charge in [-0.15, -0.1) is 0 Å². The molecular formula is C29H33BrFN3O2. The molecular weight excluding hydrogens is 521 g/mol. The average molecular weight is 555 g/mol. The summed E-state index contributed by atoms with van der Waals surface area (Å²) in [6.45, 7) is 3.52. The number of benzene rings is 2. The van der Waals surface area contributed by atoms with E-state index in [-0.39, 0.29) is 30.2 Å². The number of nitrogens with zero attached hydrogens (tertiary/aromatic N) is 3. The summed E-state index contributed by atoms with van der Waals surface area (Å²) in [7, 11) is 0. The molecule has 190 valence electrons. The van der Waals surface area contributed by atoms with Crippen LogP contribution >= 0.6 is 15.9 Å². The van der Waals surface area contributed by atoms with Crippen LogP contribution in [0, 0.1) is 5.82 Å². The van der Waals surface area contributed by atoms with Gasteiger partial charge in [-0.2, -0.15) is 0 Å². The number of amides is 2. The Bertz CT molecular complexity index is 1150. The van der Waals surface area contributed by atoms with Gasteiger partial charge in [0.05, 0.1) is 6.54 Å². The molecule has 36 heavy (non-hydrogen) atoms. The van der Waals surface area contributed by atoms with Crippen molar-refractivity contribution in [2.75, 3.05) is 13.1 Å². The monoisotopic (exact) mass is 553 g/mol. The van der Waals surface area contributed by atoms with E-state index in [1.54, 1.807) is 29.2 Å². The first kappa shape index (κ1) is 26.1. The largest absolute Gasteiger partial charge is 0.345 e. The van der Waals surface area contributed by atoms with Crippen LogP contribution in [0.3, 0.4) is 0 Å². The van der Waals surface area contributed by atoms with E-state index >= 15 is 0 Å². The zero-order valence-corrected chi connectivity index (χ0v) is 22.3. The van der Waals surface area contributed by atoms with Gasteiger partial charge in [0.1, 0.15) is 12.4 Å². The Kier molecular flexibility index (Phi) is 8.97. The minimum absolute atomic E-state index is 0.0243. The average Bonchev–Trinajstić information content (AvgIpc) is 3.34. The lowest BCUT2D eigenvalue weighted by Crippen LogP contribution is -2.47. The molecule has 1 aliphatic rings. The molecule has 4 rings (SSSR count). The Hall–Kier alpha value is -2.93. The highest BCUT2D eigenvalue weighted by Crippen LogP contribution is 2.25. The molecule has 5 nitrogen and oxygen atoms in total. The summed E-state index contributed by atoms with van der Waals surface area (Å²) in [6.07, 6.45) is 7.38. The van der Waals surface area contributed by atoms with E-state index in [1.165, 1.54) is 18.6 Å². The van der Waals surface area contributed by atoms with Crippen LogP contribution in [0.2, 0.25) is 0 Å². The molecule has 0 saturated heterocycles. The molecule has 1 aromatic heterocycles. The van der Waals surface area contributed by atoms with E-state index in [9.17, 15) is 14.0 Å². The zero-order valence-electron chi connectivity index (χ0n) is 20.7. The summed E-state index contributed by atoms with van der Waals surface area (Å²) in [6, 6.07) is 17.9. The number of hydrogen-bond acceptors (Lipinski definition) is 2. The number of rotatable bonds is 9. The minimum atomic E-state index is -0.251. The van der Waals surface area contributed by atoms with Gasteiger partial charge < -0.3 is 14.4 Å². The topological polar surface area (TPSA) is 45.6 Å². The van der Waals surface area contributed by atoms with Crippen LogP contribution in [-0.4, -0.2) is 45.3 Å². The van der Waals surface area contributed by atoms with Crippen LogP contribution in [0.4, 0.5) is 4.39 Å². The Morgan fingerprint density at radius 3 is 2.36 bits per heavy atom.